The summed E-state index contributed by atoms with van der Waals surface area (Å²) in [4.78, 5) is 14.1. The van der Waals surface area contributed by atoms with Crippen LogP contribution in [0.1, 0.15) is 20.8 Å². The van der Waals surface area contributed by atoms with Gasteiger partial charge in [-0.15, -0.1) is 0 Å². The number of rotatable bonds is 4. The molecule has 0 heterocycles. The van der Waals surface area contributed by atoms with Crippen molar-refractivity contribution < 1.29 is 38.4 Å². The van der Waals surface area contributed by atoms with Crippen LogP contribution in [0.25, 0.3) is 0 Å². The molecular formula is C5H10O5Ti. The van der Waals surface area contributed by atoms with Gasteiger partial charge in [0.1, 0.15) is 0 Å². The molecule has 0 saturated heterocycles. The summed E-state index contributed by atoms with van der Waals surface area (Å²) in [5.74, 6) is -0.641. The normalized spacial score (nSPS) is 9.82. The van der Waals surface area contributed by atoms with Crippen LogP contribution in [-0.4, -0.2) is 12.1 Å². The Labute approximate surface area is 71.7 Å². The van der Waals surface area contributed by atoms with Crippen molar-refractivity contribution in [1.82, 2.24) is 0 Å². The molecule has 0 aromatic carbocycles. The zero-order chi connectivity index (χ0) is 8.85. The van der Waals surface area contributed by atoms with E-state index in [0.29, 0.717) is 0 Å². The molecule has 0 radical (unpaired) electrons. The van der Waals surface area contributed by atoms with Crippen molar-refractivity contribution in [3.8, 4) is 0 Å². The van der Waals surface area contributed by atoms with Crippen LogP contribution in [0.15, 0.2) is 0 Å². The molecule has 0 unspecified atom stereocenters. The third-order valence-electron chi connectivity index (χ3n) is 0.559. The SMILES string of the molecule is CC(=O)O[O][Ti](=[O])[O]C(C)C. The summed E-state index contributed by atoms with van der Waals surface area (Å²) >= 11 is -3.26. The van der Waals surface area contributed by atoms with Gasteiger partial charge in [-0.3, -0.25) is 0 Å². The maximum absolute atomic E-state index is 10.7. The number of carbonyl (C=O) groups excluding carboxylic acids is 1. The molecule has 0 aromatic heterocycles. The Hall–Kier alpha value is -0.0957. The summed E-state index contributed by atoms with van der Waals surface area (Å²) in [5, 5.41) is 0. The van der Waals surface area contributed by atoms with Gasteiger partial charge in [-0.25, -0.2) is 0 Å². The molecule has 0 fully saturated rings. The van der Waals surface area contributed by atoms with Crippen molar-refractivity contribution in [2.75, 3.05) is 0 Å². The number of hydrogen-bond donors (Lipinski definition) is 0. The summed E-state index contributed by atoms with van der Waals surface area (Å²) in [7, 11) is 0. The first-order chi connectivity index (χ1) is 5.02. The van der Waals surface area contributed by atoms with Crippen LogP contribution in [0.5, 0.6) is 0 Å². The van der Waals surface area contributed by atoms with Crippen molar-refractivity contribution in [2.24, 2.45) is 0 Å². The molecular weight excluding hydrogens is 188 g/mol. The average Bonchev–Trinajstić information content (AvgIpc) is 1.82. The van der Waals surface area contributed by atoms with Crippen LogP contribution in [0.4, 0.5) is 0 Å². The molecule has 0 aliphatic carbocycles. The van der Waals surface area contributed by atoms with Crippen LogP contribution in [0, 0.1) is 0 Å². The molecule has 0 spiro atoms. The van der Waals surface area contributed by atoms with Crippen LogP contribution < -0.4 is 0 Å². The predicted molar refractivity (Wildman–Crippen MR) is 29.8 cm³/mol. The van der Waals surface area contributed by atoms with Crippen molar-refractivity contribution in [1.29, 1.82) is 0 Å². The van der Waals surface area contributed by atoms with E-state index in [-0.39, 0.29) is 6.10 Å². The quantitative estimate of drug-likeness (QED) is 0.378. The van der Waals surface area contributed by atoms with Gasteiger partial charge in [0.2, 0.25) is 0 Å². The molecule has 5 nitrogen and oxygen atoms in total. The zero-order valence-electron chi connectivity index (χ0n) is 6.62. The van der Waals surface area contributed by atoms with E-state index in [1.165, 1.54) is 0 Å². The van der Waals surface area contributed by atoms with Gasteiger partial charge >= 0.3 is 71.3 Å². The van der Waals surface area contributed by atoms with Gasteiger partial charge < -0.3 is 0 Å². The monoisotopic (exact) mass is 198 g/mol. The van der Waals surface area contributed by atoms with Crippen LogP contribution in [0.2, 0.25) is 0 Å². The molecule has 0 amide bonds. The molecule has 0 saturated carbocycles. The summed E-state index contributed by atoms with van der Waals surface area (Å²) in [6.45, 7) is 4.57. The first-order valence-corrected chi connectivity index (χ1v) is 4.99. The van der Waals surface area contributed by atoms with E-state index in [9.17, 15) is 8.12 Å². The molecule has 64 valence electrons. The van der Waals surface area contributed by atoms with Crippen molar-refractivity contribution in [3.63, 3.8) is 0 Å². The minimum absolute atomic E-state index is 0.182. The van der Waals surface area contributed by atoms with Crippen molar-refractivity contribution in [2.45, 2.75) is 26.9 Å². The van der Waals surface area contributed by atoms with Gasteiger partial charge in [0.15, 0.2) is 0 Å². The molecule has 0 bridgehead atoms. The molecule has 6 heteroatoms. The Morgan fingerprint density at radius 3 is 2.36 bits per heavy atom. The predicted octanol–water partition coefficient (Wildman–Crippen LogP) is 0.700. The van der Waals surface area contributed by atoms with Crippen LogP contribution in [-0.2, 0) is 38.4 Å². The molecule has 0 rings (SSSR count). The van der Waals surface area contributed by atoms with Gasteiger partial charge in [0.25, 0.3) is 0 Å². The first-order valence-electron chi connectivity index (χ1n) is 3.08. The van der Waals surface area contributed by atoms with E-state index in [1.807, 2.05) is 0 Å². The van der Waals surface area contributed by atoms with Gasteiger partial charge in [-0.2, -0.15) is 0 Å². The molecule has 0 atom stereocenters. The van der Waals surface area contributed by atoms with E-state index in [4.69, 9.17) is 3.32 Å². The third-order valence-corrected chi connectivity index (χ3v) is 1.94. The third kappa shape index (κ3) is 7.80. The van der Waals surface area contributed by atoms with E-state index in [1.54, 1.807) is 13.8 Å². The Balaban J connectivity index is 3.45. The fourth-order valence-corrected chi connectivity index (χ4v) is 1.26. The Morgan fingerprint density at radius 1 is 1.45 bits per heavy atom. The minimum atomic E-state index is -3.26. The second-order valence-corrected chi connectivity index (χ2v) is 3.48. The van der Waals surface area contributed by atoms with E-state index in [2.05, 4.69) is 8.36 Å². The molecule has 0 aliphatic rings. The fraction of sp³-hybridized carbons (Fsp3) is 0.800. The van der Waals surface area contributed by atoms with Gasteiger partial charge in [-0.05, 0) is 0 Å². The van der Waals surface area contributed by atoms with E-state index >= 15 is 0 Å². The molecule has 11 heavy (non-hydrogen) atoms. The fourth-order valence-electron chi connectivity index (χ4n) is 0.305. The number of hydrogen-bond acceptors (Lipinski definition) is 5. The van der Waals surface area contributed by atoms with Gasteiger partial charge in [0.05, 0.1) is 0 Å². The standard InChI is InChI=1S/C3H7O.C2H4O3.O.Ti/c1-3(2)4;1-2(3)5-4;;/h3H,1-2H3;4H,1H3;;/q-1;;;+2/p-1. The topological polar surface area (TPSA) is 61.8 Å². The van der Waals surface area contributed by atoms with Gasteiger partial charge in [-0.1, -0.05) is 0 Å². The molecule has 0 aromatic rings. The first kappa shape index (κ1) is 10.9. The second kappa shape index (κ2) is 5.54. The zero-order valence-corrected chi connectivity index (χ0v) is 8.18. The molecule has 0 N–H and O–H groups in total. The Morgan fingerprint density at radius 2 is 2.00 bits per heavy atom. The van der Waals surface area contributed by atoms with Crippen LogP contribution >= 0.6 is 0 Å². The molecule has 0 aliphatic heterocycles. The summed E-state index contributed by atoms with van der Waals surface area (Å²) < 4.78 is 19.6. The van der Waals surface area contributed by atoms with E-state index < -0.39 is 24.6 Å². The van der Waals surface area contributed by atoms with Crippen molar-refractivity contribution >= 4 is 5.97 Å². The summed E-state index contributed by atoms with van der Waals surface area (Å²) in [5.41, 5.74) is 0. The average molecular weight is 198 g/mol. The van der Waals surface area contributed by atoms with Gasteiger partial charge in [0, 0.05) is 0 Å². The summed E-state index contributed by atoms with van der Waals surface area (Å²) in [6, 6.07) is 0. The van der Waals surface area contributed by atoms with Crippen molar-refractivity contribution in [3.05, 3.63) is 0 Å². The van der Waals surface area contributed by atoms with E-state index in [0.717, 1.165) is 6.92 Å². The maximum atomic E-state index is 10.7. The Bertz CT molecular complexity index is 155. The van der Waals surface area contributed by atoms with Crippen LogP contribution in [0.3, 0.4) is 0 Å². The summed E-state index contributed by atoms with van der Waals surface area (Å²) in [6.07, 6.45) is -0.182. The Kier molecular flexibility index (Phi) is 5.49. The number of carbonyl (C=O) groups is 1. The second-order valence-electron chi connectivity index (χ2n) is 2.07.